The largest absolute Gasteiger partial charge is 0.435 e. The summed E-state index contributed by atoms with van der Waals surface area (Å²) in [5.74, 6) is 0. The van der Waals surface area contributed by atoms with Crippen molar-refractivity contribution in [2.75, 3.05) is 0 Å². The van der Waals surface area contributed by atoms with Gasteiger partial charge in [-0.15, -0.1) is 5.10 Å². The Morgan fingerprint density at radius 3 is 2.09 bits per heavy atom. The molecule has 1 aromatic heterocycles. The summed E-state index contributed by atoms with van der Waals surface area (Å²) in [4.78, 5) is 0. The second-order valence-corrected chi connectivity index (χ2v) is 5.11. The van der Waals surface area contributed by atoms with Gasteiger partial charge in [-0.2, -0.15) is 13.2 Å². The van der Waals surface area contributed by atoms with E-state index in [2.05, 4.69) is 10.3 Å². The van der Waals surface area contributed by atoms with Gasteiger partial charge in [0.05, 0.1) is 0 Å². The molecule has 118 valence electrons. The summed E-state index contributed by atoms with van der Waals surface area (Å²) in [7, 11) is 0. The Balaban J connectivity index is 1.93. The molecule has 0 aliphatic rings. The van der Waals surface area contributed by atoms with E-state index in [4.69, 9.17) is 0 Å². The highest BCUT2D eigenvalue weighted by atomic mass is 19.4. The van der Waals surface area contributed by atoms with Gasteiger partial charge < -0.3 is 0 Å². The number of aromatic nitrogens is 3. The summed E-state index contributed by atoms with van der Waals surface area (Å²) in [6.07, 6.45) is -4.05. The van der Waals surface area contributed by atoms with Crippen molar-refractivity contribution in [1.82, 2.24) is 15.0 Å². The Hall–Kier alpha value is -2.63. The van der Waals surface area contributed by atoms with Crippen molar-refractivity contribution in [3.63, 3.8) is 0 Å². The monoisotopic (exact) mass is 317 g/mol. The summed E-state index contributed by atoms with van der Waals surface area (Å²) >= 11 is 0. The van der Waals surface area contributed by atoms with Crippen LogP contribution in [-0.2, 0) is 19.1 Å². The molecule has 3 rings (SSSR count). The van der Waals surface area contributed by atoms with Gasteiger partial charge in [0, 0.05) is 12.1 Å². The molecule has 3 nitrogen and oxygen atoms in total. The number of aryl methyl sites for hydroxylation is 2. The Morgan fingerprint density at radius 1 is 0.870 bits per heavy atom. The minimum atomic E-state index is -4.51. The van der Waals surface area contributed by atoms with E-state index < -0.39 is 11.9 Å². The number of hydrogen-bond acceptors (Lipinski definition) is 2. The maximum atomic E-state index is 13.5. The molecular formula is C17H14F3N3. The second-order valence-electron chi connectivity index (χ2n) is 5.11. The van der Waals surface area contributed by atoms with Gasteiger partial charge in [-0.1, -0.05) is 65.9 Å². The molecule has 0 radical (unpaired) electrons. The van der Waals surface area contributed by atoms with Gasteiger partial charge in [0.25, 0.3) is 0 Å². The summed E-state index contributed by atoms with van der Waals surface area (Å²) in [5.41, 5.74) is 0.425. The first-order valence-electron chi connectivity index (χ1n) is 7.16. The third-order valence-electron chi connectivity index (χ3n) is 3.51. The van der Waals surface area contributed by atoms with Crippen molar-refractivity contribution >= 4 is 0 Å². The van der Waals surface area contributed by atoms with Gasteiger partial charge in [-0.3, -0.25) is 0 Å². The highest BCUT2D eigenvalue weighted by molar-refractivity contribution is 5.61. The highest BCUT2D eigenvalue weighted by Crippen LogP contribution is 2.35. The van der Waals surface area contributed by atoms with Gasteiger partial charge in [-0.05, 0) is 12.0 Å². The molecule has 0 saturated carbocycles. The average Bonchev–Trinajstić information content (AvgIpc) is 2.99. The van der Waals surface area contributed by atoms with Gasteiger partial charge in [0.1, 0.15) is 5.69 Å². The number of hydrogen-bond donors (Lipinski definition) is 0. The SMILES string of the molecule is FC(F)(F)c1c(-c2ccccc2)nnn1CCc1ccccc1. The van der Waals surface area contributed by atoms with Crippen LogP contribution in [0.3, 0.4) is 0 Å². The zero-order chi connectivity index (χ0) is 16.3. The van der Waals surface area contributed by atoms with Crippen molar-refractivity contribution in [2.45, 2.75) is 19.1 Å². The van der Waals surface area contributed by atoms with E-state index in [-0.39, 0.29) is 12.2 Å². The fourth-order valence-electron chi connectivity index (χ4n) is 2.42. The van der Waals surface area contributed by atoms with Crippen LogP contribution in [0.25, 0.3) is 11.3 Å². The molecule has 0 aliphatic heterocycles. The topological polar surface area (TPSA) is 30.7 Å². The third kappa shape index (κ3) is 3.41. The van der Waals surface area contributed by atoms with Gasteiger partial charge in [0.2, 0.25) is 0 Å². The van der Waals surface area contributed by atoms with Crippen LogP contribution >= 0.6 is 0 Å². The number of nitrogens with zero attached hydrogens (tertiary/aromatic N) is 3. The van der Waals surface area contributed by atoms with E-state index in [0.29, 0.717) is 12.0 Å². The molecule has 6 heteroatoms. The Kier molecular flexibility index (Phi) is 4.14. The summed E-state index contributed by atoms with van der Waals surface area (Å²) < 4.78 is 41.3. The van der Waals surface area contributed by atoms with Crippen molar-refractivity contribution < 1.29 is 13.2 Å². The first-order valence-corrected chi connectivity index (χ1v) is 7.16. The van der Waals surface area contributed by atoms with E-state index in [9.17, 15) is 13.2 Å². The fraction of sp³-hybridized carbons (Fsp3) is 0.176. The van der Waals surface area contributed by atoms with Crippen LogP contribution in [0, 0.1) is 0 Å². The Morgan fingerprint density at radius 2 is 1.48 bits per heavy atom. The lowest BCUT2D eigenvalue weighted by atomic mass is 10.1. The maximum Gasteiger partial charge on any atom is 0.435 e. The third-order valence-corrected chi connectivity index (χ3v) is 3.51. The molecule has 1 heterocycles. The molecule has 0 saturated heterocycles. The highest BCUT2D eigenvalue weighted by Gasteiger charge is 2.39. The van der Waals surface area contributed by atoms with E-state index in [0.717, 1.165) is 10.2 Å². The van der Waals surface area contributed by atoms with Crippen LogP contribution in [0.2, 0.25) is 0 Å². The maximum absolute atomic E-state index is 13.5. The van der Waals surface area contributed by atoms with Crippen LogP contribution in [0.5, 0.6) is 0 Å². The summed E-state index contributed by atoms with van der Waals surface area (Å²) in [6.45, 7) is 0.124. The lowest BCUT2D eigenvalue weighted by Crippen LogP contribution is -2.16. The Bertz CT molecular complexity index is 765. The molecule has 0 N–H and O–H groups in total. The molecule has 2 aromatic carbocycles. The fourth-order valence-corrected chi connectivity index (χ4v) is 2.42. The van der Waals surface area contributed by atoms with Crippen LogP contribution in [-0.4, -0.2) is 15.0 Å². The van der Waals surface area contributed by atoms with Gasteiger partial charge in [0.15, 0.2) is 5.69 Å². The van der Waals surface area contributed by atoms with E-state index in [1.54, 1.807) is 30.3 Å². The van der Waals surface area contributed by atoms with Crippen molar-refractivity contribution in [3.05, 3.63) is 71.9 Å². The van der Waals surface area contributed by atoms with Crippen LogP contribution < -0.4 is 0 Å². The van der Waals surface area contributed by atoms with Crippen LogP contribution in [0.1, 0.15) is 11.3 Å². The summed E-state index contributed by atoms with van der Waals surface area (Å²) in [6, 6.07) is 17.6. The number of alkyl halides is 3. The lowest BCUT2D eigenvalue weighted by molar-refractivity contribution is -0.143. The lowest BCUT2D eigenvalue weighted by Gasteiger charge is -2.11. The molecule has 3 aromatic rings. The zero-order valence-electron chi connectivity index (χ0n) is 12.2. The first-order chi connectivity index (χ1) is 11.1. The average molecular weight is 317 g/mol. The molecule has 0 spiro atoms. The molecule has 0 amide bonds. The molecule has 0 atom stereocenters. The Labute approximate surface area is 131 Å². The quantitative estimate of drug-likeness (QED) is 0.722. The van der Waals surface area contributed by atoms with Gasteiger partial charge >= 0.3 is 6.18 Å². The number of rotatable bonds is 4. The van der Waals surface area contributed by atoms with Crippen molar-refractivity contribution in [3.8, 4) is 11.3 Å². The zero-order valence-corrected chi connectivity index (χ0v) is 12.2. The molecule has 0 unspecified atom stereocenters. The predicted octanol–water partition coefficient (Wildman–Crippen LogP) is 4.21. The van der Waals surface area contributed by atoms with Crippen molar-refractivity contribution in [1.29, 1.82) is 0 Å². The summed E-state index contributed by atoms with van der Waals surface area (Å²) in [5, 5.41) is 7.48. The second kappa shape index (κ2) is 6.24. The van der Waals surface area contributed by atoms with E-state index in [1.807, 2.05) is 30.3 Å². The van der Waals surface area contributed by atoms with Crippen molar-refractivity contribution in [2.24, 2.45) is 0 Å². The minimum Gasteiger partial charge on any atom is -0.239 e. The smallest absolute Gasteiger partial charge is 0.239 e. The number of halogens is 3. The van der Waals surface area contributed by atoms with E-state index >= 15 is 0 Å². The molecular weight excluding hydrogens is 303 g/mol. The molecule has 0 aliphatic carbocycles. The molecule has 0 bridgehead atoms. The predicted molar refractivity (Wildman–Crippen MR) is 80.6 cm³/mol. The van der Waals surface area contributed by atoms with Crippen LogP contribution in [0.4, 0.5) is 13.2 Å². The van der Waals surface area contributed by atoms with Gasteiger partial charge in [-0.25, -0.2) is 4.68 Å². The first kappa shape index (κ1) is 15.3. The molecule has 0 fully saturated rings. The van der Waals surface area contributed by atoms with E-state index in [1.165, 1.54) is 0 Å². The van der Waals surface area contributed by atoms with Crippen LogP contribution in [0.15, 0.2) is 60.7 Å². The molecule has 23 heavy (non-hydrogen) atoms. The minimum absolute atomic E-state index is 0.124. The number of benzene rings is 2. The normalized spacial score (nSPS) is 11.6. The standard InChI is InChI=1S/C17H14F3N3/c18-17(19,20)16-15(14-9-5-2-6-10-14)21-22-23(16)12-11-13-7-3-1-4-8-13/h1-10H,11-12H2.